The van der Waals surface area contributed by atoms with E-state index >= 15 is 0 Å². The van der Waals surface area contributed by atoms with Gasteiger partial charge in [-0.1, -0.05) is 375 Å². The Morgan fingerprint density at radius 2 is 0.683 bits per heavy atom. The predicted molar refractivity (Wildman–Crippen MR) is 420 cm³/mol. The van der Waals surface area contributed by atoms with Gasteiger partial charge in [0.05, 0.1) is 32.0 Å². The molecular formula is C87H157NO13. The van der Waals surface area contributed by atoms with Crippen LogP contribution in [0.2, 0.25) is 0 Å². The highest BCUT2D eigenvalue weighted by Crippen LogP contribution is 2.30. The molecule has 2 saturated heterocycles. The molecule has 14 nitrogen and oxygen atoms in total. The molecule has 12 atom stereocenters. The van der Waals surface area contributed by atoms with Gasteiger partial charge in [-0.3, -0.25) is 4.79 Å². The monoisotopic (exact) mass is 1420 g/mol. The van der Waals surface area contributed by atoms with Crippen LogP contribution in [0.1, 0.15) is 367 Å². The van der Waals surface area contributed by atoms with Crippen LogP contribution >= 0.6 is 0 Å². The quantitative estimate of drug-likeness (QED) is 0.0204. The lowest BCUT2D eigenvalue weighted by Gasteiger charge is -2.46. The molecule has 2 aliphatic heterocycles. The number of unbranched alkanes of at least 4 members (excludes halogenated alkanes) is 46. The van der Waals surface area contributed by atoms with Crippen molar-refractivity contribution in [3.05, 3.63) is 85.1 Å². The summed E-state index contributed by atoms with van der Waals surface area (Å²) in [5.41, 5.74) is 0. The maximum absolute atomic E-state index is 13.4. The zero-order valence-electron chi connectivity index (χ0n) is 64.6. The van der Waals surface area contributed by atoms with Crippen molar-refractivity contribution in [2.45, 2.75) is 441 Å². The third-order valence-electron chi connectivity index (χ3n) is 20.3. The number of carbonyl (C=O) groups excluding carboxylic acids is 1. The first kappa shape index (κ1) is 94.3. The summed E-state index contributed by atoms with van der Waals surface area (Å²) >= 11 is 0. The SMILES string of the molecule is CC/C=C\C/C=C\C/C=C\C/C=C\C/C=C\C/C=C\CCCCCCCCCCCCCCCCCCCCCCC(=O)NC(COC1OC(CO)C(OC2OC(CO)C(O)C(O)C2O)C(O)C1O)C(O)/C=C/CCCCCCCCCCCCCCCCCCCCCCCCCCCC. The van der Waals surface area contributed by atoms with E-state index in [1.54, 1.807) is 6.08 Å². The zero-order chi connectivity index (χ0) is 73.0. The number of aliphatic hydroxyl groups excluding tert-OH is 8. The Labute approximate surface area is 618 Å². The Morgan fingerprint density at radius 1 is 0.366 bits per heavy atom. The van der Waals surface area contributed by atoms with Crippen molar-refractivity contribution in [1.29, 1.82) is 0 Å². The standard InChI is InChI=1S/C87H157NO13/c1-3-5-7-9-11-13-15-17-19-21-23-25-27-29-31-33-34-35-36-37-38-39-40-41-42-43-45-47-49-51-53-55-57-59-61-63-65-67-69-71-79(92)88-75(74-98-86-84(97)82(95)85(78(73-90)100-86)101-87-83(96)81(94)80(93)77(72-89)99-87)76(91)70-68-66-64-62-60-58-56-54-52-50-48-46-44-32-30-28-26-24-22-20-18-16-14-12-10-8-6-4-2/h5,7,11,13,17,19,23,25,29,31,34-35,68,70,75-78,80-87,89-91,93-97H,3-4,6,8-10,12,14-16,18,20-22,24,26-28,30,32-33,36-67,69,71-74H2,1-2H3,(H,88,92)/b7-5-,13-11-,19-17-,25-23-,31-29-,35-34-,70-68+. The molecule has 0 aromatic carbocycles. The lowest BCUT2D eigenvalue weighted by atomic mass is 9.97. The average Bonchev–Trinajstić information content (AvgIpc) is 0.790. The molecule has 14 heteroatoms. The number of hydrogen-bond acceptors (Lipinski definition) is 13. The van der Waals surface area contributed by atoms with E-state index in [1.807, 2.05) is 6.08 Å². The lowest BCUT2D eigenvalue weighted by molar-refractivity contribution is -0.359. The van der Waals surface area contributed by atoms with Gasteiger partial charge in [0, 0.05) is 6.42 Å². The van der Waals surface area contributed by atoms with E-state index < -0.39 is 86.8 Å². The van der Waals surface area contributed by atoms with E-state index in [9.17, 15) is 45.6 Å². The highest BCUT2D eigenvalue weighted by Gasteiger charge is 2.51. The number of ether oxygens (including phenoxy) is 4. The van der Waals surface area contributed by atoms with Crippen LogP contribution in [0, 0.1) is 0 Å². The number of hydrogen-bond donors (Lipinski definition) is 9. The van der Waals surface area contributed by atoms with Crippen LogP contribution in [0.15, 0.2) is 85.1 Å². The molecule has 2 rings (SSSR count). The van der Waals surface area contributed by atoms with Gasteiger partial charge in [-0.25, -0.2) is 0 Å². The summed E-state index contributed by atoms with van der Waals surface area (Å²) in [6, 6.07) is -0.919. The summed E-state index contributed by atoms with van der Waals surface area (Å²) in [6.45, 7) is 2.74. The van der Waals surface area contributed by atoms with Crippen molar-refractivity contribution in [2.24, 2.45) is 0 Å². The Morgan fingerprint density at radius 3 is 1.05 bits per heavy atom. The minimum atomic E-state index is -1.79. The third-order valence-corrected chi connectivity index (χ3v) is 20.3. The fourth-order valence-electron chi connectivity index (χ4n) is 13.7. The maximum Gasteiger partial charge on any atom is 0.220 e. The molecule has 9 N–H and O–H groups in total. The molecule has 0 bridgehead atoms. The van der Waals surface area contributed by atoms with Gasteiger partial charge in [0.2, 0.25) is 5.91 Å². The maximum atomic E-state index is 13.4. The van der Waals surface area contributed by atoms with E-state index in [2.05, 4.69) is 92.1 Å². The minimum absolute atomic E-state index is 0.234. The molecule has 0 spiro atoms. The van der Waals surface area contributed by atoms with Crippen molar-refractivity contribution in [3.8, 4) is 0 Å². The van der Waals surface area contributed by atoms with Gasteiger partial charge in [-0.05, 0) is 70.6 Å². The molecule has 2 heterocycles. The summed E-state index contributed by atoms with van der Waals surface area (Å²) in [5.74, 6) is -0.234. The number of allylic oxidation sites excluding steroid dienone is 13. The summed E-state index contributed by atoms with van der Waals surface area (Å²) in [5, 5.41) is 87.8. The normalized spacial score (nSPS) is 22.2. The van der Waals surface area contributed by atoms with Gasteiger partial charge in [-0.2, -0.15) is 0 Å². The molecule has 0 aromatic rings. The average molecular weight is 1430 g/mol. The zero-order valence-corrected chi connectivity index (χ0v) is 64.6. The Balaban J connectivity index is 1.58. The van der Waals surface area contributed by atoms with E-state index in [-0.39, 0.29) is 18.9 Å². The minimum Gasteiger partial charge on any atom is -0.394 e. The number of nitrogens with one attached hydrogen (secondary N) is 1. The van der Waals surface area contributed by atoms with Crippen molar-refractivity contribution < 1.29 is 64.6 Å². The first-order valence-corrected chi connectivity index (χ1v) is 42.3. The molecule has 0 aromatic heterocycles. The molecule has 1 amide bonds. The van der Waals surface area contributed by atoms with Gasteiger partial charge >= 0.3 is 0 Å². The van der Waals surface area contributed by atoms with Crippen LogP contribution in [0.5, 0.6) is 0 Å². The number of carbonyl (C=O) groups is 1. The van der Waals surface area contributed by atoms with Gasteiger partial charge in [0.15, 0.2) is 12.6 Å². The predicted octanol–water partition coefficient (Wildman–Crippen LogP) is 19.9. The van der Waals surface area contributed by atoms with E-state index in [0.717, 1.165) is 77.0 Å². The van der Waals surface area contributed by atoms with E-state index in [0.29, 0.717) is 6.42 Å². The van der Waals surface area contributed by atoms with Crippen LogP contribution in [-0.4, -0.2) is 140 Å². The van der Waals surface area contributed by atoms with Crippen molar-refractivity contribution in [3.63, 3.8) is 0 Å². The van der Waals surface area contributed by atoms with Crippen molar-refractivity contribution >= 4 is 5.91 Å². The molecule has 0 saturated carbocycles. The number of rotatable bonds is 71. The fraction of sp³-hybridized carbons (Fsp3) is 0.828. The Hall–Kier alpha value is -2.83. The second-order valence-corrected chi connectivity index (χ2v) is 29.6. The molecule has 2 aliphatic rings. The van der Waals surface area contributed by atoms with Crippen LogP contribution in [0.4, 0.5) is 0 Å². The summed E-state index contributed by atoms with van der Waals surface area (Å²) in [6.07, 6.45) is 82.4. The molecule has 0 aliphatic carbocycles. The first-order chi connectivity index (χ1) is 49.6. The second-order valence-electron chi connectivity index (χ2n) is 29.6. The third kappa shape index (κ3) is 52.7. The number of amides is 1. The van der Waals surface area contributed by atoms with E-state index in [4.69, 9.17) is 18.9 Å². The van der Waals surface area contributed by atoms with Crippen LogP contribution in [0.25, 0.3) is 0 Å². The van der Waals surface area contributed by atoms with Gasteiger partial charge < -0.3 is 65.1 Å². The fourth-order valence-corrected chi connectivity index (χ4v) is 13.7. The van der Waals surface area contributed by atoms with Gasteiger partial charge in [0.25, 0.3) is 0 Å². The topological polar surface area (TPSA) is 228 Å². The van der Waals surface area contributed by atoms with Gasteiger partial charge in [0.1, 0.15) is 48.8 Å². The Bertz CT molecular complexity index is 2020. The van der Waals surface area contributed by atoms with Crippen molar-refractivity contribution in [1.82, 2.24) is 5.32 Å². The molecule has 2 fully saturated rings. The largest absolute Gasteiger partial charge is 0.394 e. The molecule has 0 radical (unpaired) electrons. The first-order valence-electron chi connectivity index (χ1n) is 42.3. The highest BCUT2D eigenvalue weighted by atomic mass is 16.7. The molecule has 12 unspecified atom stereocenters. The van der Waals surface area contributed by atoms with Crippen molar-refractivity contribution in [2.75, 3.05) is 19.8 Å². The van der Waals surface area contributed by atoms with Crippen LogP contribution in [-0.2, 0) is 23.7 Å². The summed E-state index contributed by atoms with van der Waals surface area (Å²) < 4.78 is 22.9. The molecule has 101 heavy (non-hydrogen) atoms. The molecule has 588 valence electrons. The van der Waals surface area contributed by atoms with Gasteiger partial charge in [-0.15, -0.1) is 0 Å². The van der Waals surface area contributed by atoms with E-state index in [1.165, 1.54) is 263 Å². The number of aliphatic hydroxyl groups is 8. The highest BCUT2D eigenvalue weighted by molar-refractivity contribution is 5.76. The lowest BCUT2D eigenvalue weighted by Crippen LogP contribution is -2.65. The van der Waals surface area contributed by atoms with Crippen LogP contribution < -0.4 is 5.32 Å². The summed E-state index contributed by atoms with van der Waals surface area (Å²) in [4.78, 5) is 13.4. The second kappa shape index (κ2) is 70.2. The smallest absolute Gasteiger partial charge is 0.220 e. The van der Waals surface area contributed by atoms with Crippen LogP contribution in [0.3, 0.4) is 0 Å². The molecular weight excluding hydrogens is 1270 g/mol. The Kier molecular flexibility index (Phi) is 65.5. The summed E-state index contributed by atoms with van der Waals surface area (Å²) in [7, 11) is 0.